The Hall–Kier alpha value is -3.44. The maximum absolute atomic E-state index is 12.9. The number of carbonyl (C=O) groups excluding carboxylic acids is 2. The first-order valence-electron chi connectivity index (χ1n) is 10.1. The number of carbonyl (C=O) groups is 2. The van der Waals surface area contributed by atoms with Crippen LogP contribution in [-0.2, 0) is 18.8 Å². The average molecular weight is 431 g/mol. The highest BCUT2D eigenvalue weighted by atomic mass is 28.4. The summed E-state index contributed by atoms with van der Waals surface area (Å²) in [6, 6.07) is 24.3. The Kier molecular flexibility index (Phi) is 6.87. The third kappa shape index (κ3) is 5.01. The van der Waals surface area contributed by atoms with E-state index in [9.17, 15) is 9.59 Å². The minimum atomic E-state index is -3.19. The molecule has 0 radical (unpaired) electrons. The Morgan fingerprint density at radius 3 is 1.26 bits per heavy atom. The molecule has 0 N–H and O–H groups in total. The predicted octanol–water partition coefficient (Wildman–Crippen LogP) is 2.85. The molecule has 0 saturated carbocycles. The van der Waals surface area contributed by atoms with E-state index in [0.29, 0.717) is 0 Å². The highest BCUT2D eigenvalue weighted by molar-refractivity contribution is 7.07. The molecule has 31 heavy (non-hydrogen) atoms. The van der Waals surface area contributed by atoms with Gasteiger partial charge < -0.3 is 9.16 Å². The number of hydrogen-bond acceptors (Lipinski definition) is 4. The third-order valence-electron chi connectivity index (χ3n) is 5.18. The van der Waals surface area contributed by atoms with E-state index in [2.05, 4.69) is 4.74 Å². The molecule has 0 unspecified atom stereocenters. The molecule has 0 bridgehead atoms. The molecule has 0 atom stereocenters. The molecule has 0 spiro atoms. The standard InChI is InChI=1S/C26H26O4Si/c1-19-5-11-22(12-6-19)31(23-13-7-20(2)8-14-23,24-15-9-21(3)10-16-24)30-26(28)18-17-25(27)29-4/h5-18H,1-4H3. The normalized spacial score (nSPS) is 11.4. The first-order valence-corrected chi connectivity index (χ1v) is 12.0. The van der Waals surface area contributed by atoms with E-state index in [0.717, 1.165) is 44.4 Å². The lowest BCUT2D eigenvalue weighted by atomic mass is 10.2. The fourth-order valence-corrected chi connectivity index (χ4v) is 7.06. The van der Waals surface area contributed by atoms with E-state index in [1.54, 1.807) is 0 Å². The van der Waals surface area contributed by atoms with Crippen molar-refractivity contribution in [3.63, 3.8) is 0 Å². The van der Waals surface area contributed by atoms with E-state index < -0.39 is 20.3 Å². The molecule has 0 aromatic heterocycles. The van der Waals surface area contributed by atoms with Crippen LogP contribution in [0.3, 0.4) is 0 Å². The Bertz CT molecular complexity index is 971. The number of aryl methyl sites for hydroxylation is 3. The van der Waals surface area contributed by atoms with Gasteiger partial charge >= 0.3 is 20.3 Å². The second-order valence-electron chi connectivity index (χ2n) is 7.56. The second kappa shape index (κ2) is 9.58. The van der Waals surface area contributed by atoms with Crippen molar-refractivity contribution in [1.29, 1.82) is 0 Å². The van der Waals surface area contributed by atoms with E-state index in [4.69, 9.17) is 4.43 Å². The molecule has 0 heterocycles. The van der Waals surface area contributed by atoms with Crippen molar-refractivity contribution in [2.75, 3.05) is 7.11 Å². The van der Waals surface area contributed by atoms with Crippen LogP contribution in [0.1, 0.15) is 16.7 Å². The van der Waals surface area contributed by atoms with E-state index in [1.165, 1.54) is 7.11 Å². The summed E-state index contributed by atoms with van der Waals surface area (Å²) in [5.41, 5.74) is 3.36. The highest BCUT2D eigenvalue weighted by Crippen LogP contribution is 2.13. The molecule has 0 fully saturated rings. The smallest absolute Gasteiger partial charge is 0.350 e. The van der Waals surface area contributed by atoms with Gasteiger partial charge in [0.2, 0.25) is 0 Å². The van der Waals surface area contributed by atoms with Crippen LogP contribution in [0.25, 0.3) is 0 Å². The van der Waals surface area contributed by atoms with Gasteiger partial charge in [0.05, 0.1) is 7.11 Å². The van der Waals surface area contributed by atoms with Crippen molar-refractivity contribution in [1.82, 2.24) is 0 Å². The summed E-state index contributed by atoms with van der Waals surface area (Å²) in [6.07, 6.45) is 2.21. The zero-order valence-corrected chi connectivity index (χ0v) is 19.2. The summed E-state index contributed by atoms with van der Waals surface area (Å²) in [5.74, 6) is -1.19. The first kappa shape index (κ1) is 22.2. The number of methoxy groups -OCH3 is 1. The third-order valence-corrected chi connectivity index (χ3v) is 9.13. The van der Waals surface area contributed by atoms with Gasteiger partial charge in [0, 0.05) is 12.2 Å². The Balaban J connectivity index is 2.24. The SMILES string of the molecule is COC(=O)C=CC(=O)O[Si](c1ccc(C)cc1)(c1ccc(C)cc1)c1ccc(C)cc1. The molecule has 0 aliphatic carbocycles. The molecule has 0 saturated heterocycles. The molecular formula is C26H26O4Si. The summed E-state index contributed by atoms with van der Waals surface area (Å²) >= 11 is 0. The quantitative estimate of drug-likeness (QED) is 0.261. The molecule has 5 heteroatoms. The lowest BCUT2D eigenvalue weighted by molar-refractivity contribution is -0.135. The van der Waals surface area contributed by atoms with Crippen molar-refractivity contribution >= 4 is 35.8 Å². The van der Waals surface area contributed by atoms with Crippen LogP contribution in [0.2, 0.25) is 0 Å². The summed E-state index contributed by atoms with van der Waals surface area (Å²) in [7, 11) is -1.92. The largest absolute Gasteiger partial charge is 0.502 e. The molecule has 0 amide bonds. The summed E-state index contributed by atoms with van der Waals surface area (Å²) in [5, 5.41) is 2.85. The molecule has 3 aromatic rings. The van der Waals surface area contributed by atoms with Gasteiger partial charge in [-0.05, 0) is 36.3 Å². The van der Waals surface area contributed by atoms with E-state index in [1.807, 2.05) is 93.6 Å². The second-order valence-corrected chi connectivity index (χ2v) is 10.9. The topological polar surface area (TPSA) is 52.6 Å². The summed E-state index contributed by atoms with van der Waals surface area (Å²) in [4.78, 5) is 24.4. The fraction of sp³-hybridized carbons (Fsp3) is 0.154. The van der Waals surface area contributed by atoms with Gasteiger partial charge in [0.1, 0.15) is 0 Å². The van der Waals surface area contributed by atoms with Crippen molar-refractivity contribution in [3.05, 3.63) is 102 Å². The zero-order chi connectivity index (χ0) is 22.4. The van der Waals surface area contributed by atoms with Crippen LogP contribution >= 0.6 is 0 Å². The fourth-order valence-electron chi connectivity index (χ4n) is 3.43. The predicted molar refractivity (Wildman–Crippen MR) is 125 cm³/mol. The van der Waals surface area contributed by atoms with Gasteiger partial charge in [0.15, 0.2) is 0 Å². The minimum absolute atomic E-state index is 0.584. The summed E-state index contributed by atoms with van der Waals surface area (Å²) < 4.78 is 10.9. The van der Waals surface area contributed by atoms with Crippen LogP contribution in [0.15, 0.2) is 84.9 Å². The molecule has 3 aromatic carbocycles. The minimum Gasteiger partial charge on any atom is -0.502 e. The van der Waals surface area contributed by atoms with Crippen LogP contribution in [-0.4, -0.2) is 27.4 Å². The zero-order valence-electron chi connectivity index (χ0n) is 18.2. The van der Waals surface area contributed by atoms with Gasteiger partial charge in [-0.1, -0.05) is 89.5 Å². The molecule has 158 valence electrons. The number of rotatable bonds is 6. The van der Waals surface area contributed by atoms with Crippen molar-refractivity contribution in [2.24, 2.45) is 0 Å². The van der Waals surface area contributed by atoms with Gasteiger partial charge in [-0.15, -0.1) is 0 Å². The van der Waals surface area contributed by atoms with Crippen LogP contribution in [0.4, 0.5) is 0 Å². The first-order chi connectivity index (χ1) is 14.8. The van der Waals surface area contributed by atoms with E-state index in [-0.39, 0.29) is 0 Å². The van der Waals surface area contributed by atoms with E-state index >= 15 is 0 Å². The van der Waals surface area contributed by atoms with Crippen LogP contribution in [0.5, 0.6) is 0 Å². The van der Waals surface area contributed by atoms with Gasteiger partial charge in [-0.25, -0.2) is 9.59 Å². The highest BCUT2D eigenvalue weighted by Gasteiger charge is 2.45. The lowest BCUT2D eigenvalue weighted by Crippen LogP contribution is -2.70. The summed E-state index contributed by atoms with van der Waals surface area (Å²) in [6.45, 7) is 6.07. The molecule has 4 nitrogen and oxygen atoms in total. The van der Waals surface area contributed by atoms with Crippen molar-refractivity contribution < 1.29 is 18.8 Å². The maximum Gasteiger partial charge on any atom is 0.350 e. The maximum atomic E-state index is 12.9. The van der Waals surface area contributed by atoms with Crippen LogP contribution < -0.4 is 15.6 Å². The molecular weight excluding hydrogens is 404 g/mol. The number of hydrogen-bond donors (Lipinski definition) is 0. The number of esters is 1. The van der Waals surface area contributed by atoms with Gasteiger partial charge in [-0.3, -0.25) is 0 Å². The number of benzene rings is 3. The molecule has 3 rings (SSSR count). The van der Waals surface area contributed by atoms with Crippen molar-refractivity contribution in [3.8, 4) is 0 Å². The number of ether oxygens (including phenoxy) is 1. The Morgan fingerprint density at radius 1 is 0.613 bits per heavy atom. The average Bonchev–Trinajstić information content (AvgIpc) is 2.77. The lowest BCUT2D eigenvalue weighted by Gasteiger charge is -2.32. The monoisotopic (exact) mass is 430 g/mol. The Labute approximate surface area is 184 Å². The molecule has 0 aliphatic rings. The van der Waals surface area contributed by atoms with Gasteiger partial charge in [0.25, 0.3) is 0 Å². The van der Waals surface area contributed by atoms with Crippen molar-refractivity contribution in [2.45, 2.75) is 20.8 Å². The van der Waals surface area contributed by atoms with Gasteiger partial charge in [-0.2, -0.15) is 0 Å². The van der Waals surface area contributed by atoms with Crippen LogP contribution in [0, 0.1) is 20.8 Å². The molecule has 0 aliphatic heterocycles. The Morgan fingerprint density at radius 2 is 0.935 bits per heavy atom.